The molecule has 0 amide bonds. The van der Waals surface area contributed by atoms with Gasteiger partial charge in [0.05, 0.1) is 0 Å². The Morgan fingerprint density at radius 3 is 2.86 bits per heavy atom. The maximum Gasteiger partial charge on any atom is 0.326 e. The van der Waals surface area contributed by atoms with Crippen LogP contribution in [0.2, 0.25) is 0 Å². The Morgan fingerprint density at radius 1 is 1.29 bits per heavy atom. The number of fused-ring (bicyclic) bond motifs is 1. The molecule has 0 radical (unpaired) electrons. The number of nitrogens with one attached hydrogen (secondary N) is 1. The van der Waals surface area contributed by atoms with Crippen LogP contribution in [0.5, 0.6) is 0 Å². The minimum Gasteiger partial charge on any atom is -0.480 e. The van der Waals surface area contributed by atoms with Crippen LogP contribution in [-0.4, -0.2) is 32.1 Å². The molecule has 21 heavy (non-hydrogen) atoms. The molecule has 2 aromatic rings. The van der Waals surface area contributed by atoms with Crippen molar-refractivity contribution >= 4 is 11.8 Å². The highest BCUT2D eigenvalue weighted by molar-refractivity contribution is 5.77. The second-order valence-corrected chi connectivity index (χ2v) is 5.10. The largest absolute Gasteiger partial charge is 0.480 e. The second kappa shape index (κ2) is 5.87. The van der Waals surface area contributed by atoms with Gasteiger partial charge in [0, 0.05) is 30.1 Å². The highest BCUT2D eigenvalue weighted by Gasteiger charge is 2.23. The highest BCUT2D eigenvalue weighted by Crippen LogP contribution is 2.25. The third-order valence-corrected chi connectivity index (χ3v) is 3.67. The van der Waals surface area contributed by atoms with Crippen LogP contribution < -0.4 is 5.32 Å². The number of hydrogen-bond acceptors (Lipinski definition) is 5. The van der Waals surface area contributed by atoms with Crippen molar-refractivity contribution in [2.75, 3.05) is 5.32 Å². The SMILES string of the molecule is O=C(O)C(Cc1ccncc1)Nc1ncnc2c1CCC2. The number of carboxylic acids is 1. The minimum absolute atomic E-state index is 0.386. The van der Waals surface area contributed by atoms with Crippen LogP contribution in [0.1, 0.15) is 23.2 Å². The fourth-order valence-electron chi connectivity index (χ4n) is 2.60. The van der Waals surface area contributed by atoms with Crippen LogP contribution in [0.4, 0.5) is 5.82 Å². The Hall–Kier alpha value is -2.50. The van der Waals surface area contributed by atoms with E-state index < -0.39 is 12.0 Å². The van der Waals surface area contributed by atoms with E-state index in [9.17, 15) is 9.90 Å². The zero-order chi connectivity index (χ0) is 14.7. The fraction of sp³-hybridized carbons (Fsp3) is 0.333. The average Bonchev–Trinajstić information content (AvgIpc) is 2.97. The van der Waals surface area contributed by atoms with Gasteiger partial charge >= 0.3 is 5.97 Å². The zero-order valence-corrected chi connectivity index (χ0v) is 11.5. The lowest BCUT2D eigenvalue weighted by Crippen LogP contribution is -2.32. The van der Waals surface area contributed by atoms with E-state index in [0.29, 0.717) is 12.2 Å². The summed E-state index contributed by atoms with van der Waals surface area (Å²) in [7, 11) is 0. The van der Waals surface area contributed by atoms with Gasteiger partial charge in [-0.1, -0.05) is 0 Å². The quantitative estimate of drug-likeness (QED) is 0.864. The summed E-state index contributed by atoms with van der Waals surface area (Å²) in [6.45, 7) is 0. The van der Waals surface area contributed by atoms with E-state index in [1.807, 2.05) is 12.1 Å². The van der Waals surface area contributed by atoms with E-state index in [2.05, 4.69) is 20.3 Å². The van der Waals surface area contributed by atoms with Gasteiger partial charge < -0.3 is 10.4 Å². The number of aromatic nitrogens is 3. The fourth-order valence-corrected chi connectivity index (χ4v) is 2.60. The molecule has 0 saturated carbocycles. The van der Waals surface area contributed by atoms with Gasteiger partial charge in [0.2, 0.25) is 0 Å². The Morgan fingerprint density at radius 2 is 2.10 bits per heavy atom. The second-order valence-electron chi connectivity index (χ2n) is 5.10. The van der Waals surface area contributed by atoms with Crippen molar-refractivity contribution < 1.29 is 9.90 Å². The normalized spacial score (nSPS) is 14.5. The molecule has 6 nitrogen and oxygen atoms in total. The molecule has 0 bridgehead atoms. The first kappa shape index (κ1) is 13.5. The van der Waals surface area contributed by atoms with Gasteiger partial charge in [-0.25, -0.2) is 14.8 Å². The molecule has 2 aromatic heterocycles. The van der Waals surface area contributed by atoms with Crippen LogP contribution in [-0.2, 0) is 24.1 Å². The number of carboxylic acid groups (broad SMARTS) is 1. The zero-order valence-electron chi connectivity index (χ0n) is 11.5. The molecule has 1 atom stereocenters. The molecule has 0 fully saturated rings. The lowest BCUT2D eigenvalue weighted by atomic mass is 10.1. The number of hydrogen-bond donors (Lipinski definition) is 2. The summed E-state index contributed by atoms with van der Waals surface area (Å²) in [5.41, 5.74) is 3.01. The topological polar surface area (TPSA) is 88.0 Å². The van der Waals surface area contributed by atoms with Crippen molar-refractivity contribution in [2.45, 2.75) is 31.7 Å². The summed E-state index contributed by atoms with van der Waals surface area (Å²) >= 11 is 0. The molecule has 108 valence electrons. The Balaban J connectivity index is 1.80. The molecule has 0 aromatic carbocycles. The molecular formula is C15H16N4O2. The van der Waals surface area contributed by atoms with E-state index >= 15 is 0 Å². The molecule has 2 heterocycles. The van der Waals surface area contributed by atoms with E-state index in [0.717, 1.165) is 36.1 Å². The average molecular weight is 284 g/mol. The molecule has 2 N–H and O–H groups in total. The number of aryl methyl sites for hydroxylation is 1. The number of nitrogens with zero attached hydrogens (tertiary/aromatic N) is 3. The van der Waals surface area contributed by atoms with Crippen molar-refractivity contribution in [1.29, 1.82) is 0 Å². The highest BCUT2D eigenvalue weighted by atomic mass is 16.4. The molecule has 1 aliphatic carbocycles. The van der Waals surface area contributed by atoms with Crippen LogP contribution in [0.3, 0.4) is 0 Å². The predicted molar refractivity (Wildman–Crippen MR) is 77.0 cm³/mol. The molecule has 1 unspecified atom stereocenters. The summed E-state index contributed by atoms with van der Waals surface area (Å²) in [5.74, 6) is -0.240. The van der Waals surface area contributed by atoms with Crippen molar-refractivity contribution in [3.8, 4) is 0 Å². The van der Waals surface area contributed by atoms with E-state index in [4.69, 9.17) is 0 Å². The Labute approximate surface area is 122 Å². The number of carbonyl (C=O) groups is 1. The molecule has 6 heteroatoms. The van der Waals surface area contributed by atoms with E-state index in [1.165, 1.54) is 6.33 Å². The van der Waals surface area contributed by atoms with E-state index in [-0.39, 0.29) is 0 Å². The summed E-state index contributed by atoms with van der Waals surface area (Å²) < 4.78 is 0. The first-order valence-electron chi connectivity index (χ1n) is 6.95. The summed E-state index contributed by atoms with van der Waals surface area (Å²) in [4.78, 5) is 23.9. The maximum atomic E-state index is 11.5. The number of rotatable bonds is 5. The van der Waals surface area contributed by atoms with Crippen molar-refractivity contribution in [3.05, 3.63) is 47.7 Å². The third-order valence-electron chi connectivity index (χ3n) is 3.67. The van der Waals surface area contributed by atoms with Gasteiger partial charge in [0.1, 0.15) is 18.2 Å². The predicted octanol–water partition coefficient (Wildman–Crippen LogP) is 1.47. The maximum absolute atomic E-state index is 11.5. The molecule has 0 spiro atoms. The summed E-state index contributed by atoms with van der Waals surface area (Å²) in [5, 5.41) is 12.5. The third kappa shape index (κ3) is 2.99. The molecule has 1 aliphatic rings. The molecule has 3 rings (SSSR count). The Bertz CT molecular complexity index is 645. The van der Waals surface area contributed by atoms with Crippen LogP contribution in [0.25, 0.3) is 0 Å². The first-order chi connectivity index (χ1) is 10.2. The first-order valence-corrected chi connectivity index (χ1v) is 6.95. The van der Waals surface area contributed by atoms with Crippen LogP contribution >= 0.6 is 0 Å². The van der Waals surface area contributed by atoms with Crippen molar-refractivity contribution in [1.82, 2.24) is 15.0 Å². The van der Waals surface area contributed by atoms with Gasteiger partial charge in [-0.05, 0) is 37.0 Å². The van der Waals surface area contributed by atoms with Gasteiger partial charge in [-0.15, -0.1) is 0 Å². The minimum atomic E-state index is -0.892. The molecular weight excluding hydrogens is 268 g/mol. The molecule has 0 saturated heterocycles. The monoisotopic (exact) mass is 284 g/mol. The summed E-state index contributed by atoms with van der Waals surface area (Å²) in [6, 6.07) is 2.93. The smallest absolute Gasteiger partial charge is 0.326 e. The standard InChI is InChI=1S/C15H16N4O2/c20-15(21)13(8-10-4-6-16-7-5-10)19-14-11-2-1-3-12(11)17-9-18-14/h4-7,9,13H,1-3,8H2,(H,20,21)(H,17,18,19). The van der Waals surface area contributed by atoms with Gasteiger partial charge in [-0.2, -0.15) is 0 Å². The number of pyridine rings is 1. The lowest BCUT2D eigenvalue weighted by molar-refractivity contribution is -0.137. The van der Waals surface area contributed by atoms with E-state index in [1.54, 1.807) is 12.4 Å². The molecule has 0 aliphatic heterocycles. The van der Waals surface area contributed by atoms with Gasteiger partial charge in [0.25, 0.3) is 0 Å². The van der Waals surface area contributed by atoms with Gasteiger partial charge in [-0.3, -0.25) is 4.98 Å². The van der Waals surface area contributed by atoms with Crippen molar-refractivity contribution in [2.24, 2.45) is 0 Å². The van der Waals surface area contributed by atoms with Crippen molar-refractivity contribution in [3.63, 3.8) is 0 Å². The number of anilines is 1. The lowest BCUT2D eigenvalue weighted by Gasteiger charge is -2.17. The Kier molecular flexibility index (Phi) is 3.77. The number of aliphatic carboxylic acids is 1. The summed E-state index contributed by atoms with van der Waals surface area (Å²) in [6.07, 6.45) is 8.10. The van der Waals surface area contributed by atoms with Crippen LogP contribution in [0.15, 0.2) is 30.9 Å². The van der Waals surface area contributed by atoms with Crippen LogP contribution in [0, 0.1) is 0 Å². The van der Waals surface area contributed by atoms with Gasteiger partial charge in [0.15, 0.2) is 0 Å².